The van der Waals surface area contributed by atoms with Crippen molar-refractivity contribution in [1.29, 1.82) is 0 Å². The third-order valence-electron chi connectivity index (χ3n) is 4.78. The summed E-state index contributed by atoms with van der Waals surface area (Å²) in [6.45, 7) is 0. The first kappa shape index (κ1) is 15.2. The molecule has 0 aliphatic heterocycles. The molecule has 0 radical (unpaired) electrons. The van der Waals surface area contributed by atoms with Gasteiger partial charge in [-0.2, -0.15) is 0 Å². The molecule has 0 aliphatic rings. The highest BCUT2D eigenvalue weighted by Crippen LogP contribution is 2.40. The normalized spacial score (nSPS) is 11.5. The fourth-order valence-electron chi connectivity index (χ4n) is 3.55. The highest BCUT2D eigenvalue weighted by atomic mass is 35.5. The van der Waals surface area contributed by atoms with Gasteiger partial charge in [0.25, 0.3) is 0 Å². The lowest BCUT2D eigenvalue weighted by Crippen LogP contribution is -1.92. The molecular weight excluding hydrogens is 344 g/mol. The van der Waals surface area contributed by atoms with Gasteiger partial charge in [0.05, 0.1) is 34.4 Å². The van der Waals surface area contributed by atoms with Gasteiger partial charge in [-0.05, 0) is 42.5 Å². The van der Waals surface area contributed by atoms with E-state index >= 15 is 0 Å². The summed E-state index contributed by atoms with van der Waals surface area (Å²) in [5, 5.41) is 2.86. The van der Waals surface area contributed by atoms with Crippen molar-refractivity contribution in [2.24, 2.45) is 0 Å². The molecule has 0 amide bonds. The van der Waals surface area contributed by atoms with Crippen LogP contribution >= 0.6 is 11.6 Å². The molecule has 0 spiro atoms. The number of hydrogen-bond acceptors (Lipinski definition) is 2. The second-order valence-corrected chi connectivity index (χ2v) is 6.58. The number of halogens is 1. The Morgan fingerprint density at radius 2 is 1.69 bits per heavy atom. The molecule has 0 bridgehead atoms. The molecule has 0 aliphatic carbocycles. The maximum atomic E-state index is 6.81. The summed E-state index contributed by atoms with van der Waals surface area (Å²) in [5.74, 6) is 0.823. The van der Waals surface area contributed by atoms with Gasteiger partial charge in [0.1, 0.15) is 5.75 Å². The van der Waals surface area contributed by atoms with Gasteiger partial charge in [0.2, 0.25) is 0 Å². The van der Waals surface area contributed by atoms with Crippen LogP contribution in [-0.2, 0) is 0 Å². The average Bonchev–Trinajstić information content (AvgIpc) is 3.01. The average molecular weight is 359 g/mol. The van der Waals surface area contributed by atoms with E-state index in [-0.39, 0.29) is 0 Å². The van der Waals surface area contributed by atoms with Crippen molar-refractivity contribution in [3.8, 4) is 17.0 Å². The lowest BCUT2D eigenvalue weighted by Gasteiger charge is -2.09. The molecule has 26 heavy (non-hydrogen) atoms. The number of nitrogens with zero attached hydrogens (tertiary/aromatic N) is 2. The summed E-state index contributed by atoms with van der Waals surface area (Å²) in [5.41, 5.74) is 4.88. The van der Waals surface area contributed by atoms with Gasteiger partial charge >= 0.3 is 0 Å². The number of para-hydroxylation sites is 1. The monoisotopic (exact) mass is 358 g/mol. The predicted molar refractivity (Wildman–Crippen MR) is 107 cm³/mol. The van der Waals surface area contributed by atoms with Crippen LogP contribution in [0.2, 0.25) is 5.02 Å². The van der Waals surface area contributed by atoms with Crippen molar-refractivity contribution >= 4 is 38.9 Å². The second kappa shape index (κ2) is 5.75. The summed E-state index contributed by atoms with van der Waals surface area (Å²) in [6.07, 6.45) is 2.03. The van der Waals surface area contributed by atoms with E-state index in [0.717, 1.165) is 49.4 Å². The van der Waals surface area contributed by atoms with Crippen molar-refractivity contribution in [2.45, 2.75) is 0 Å². The van der Waals surface area contributed by atoms with E-state index in [1.54, 1.807) is 7.11 Å². The molecule has 0 saturated carbocycles. The molecule has 0 N–H and O–H groups in total. The van der Waals surface area contributed by atoms with Crippen molar-refractivity contribution < 1.29 is 4.74 Å². The van der Waals surface area contributed by atoms with Crippen LogP contribution in [0.4, 0.5) is 0 Å². The summed E-state index contributed by atoms with van der Waals surface area (Å²) < 4.78 is 7.41. The largest absolute Gasteiger partial charge is 0.497 e. The molecule has 3 nitrogen and oxygen atoms in total. The van der Waals surface area contributed by atoms with Crippen molar-refractivity contribution in [1.82, 2.24) is 9.38 Å². The maximum Gasteiger partial charge on any atom is 0.118 e. The van der Waals surface area contributed by atoms with E-state index in [2.05, 4.69) is 10.5 Å². The Kier molecular flexibility index (Phi) is 3.37. The topological polar surface area (TPSA) is 26.5 Å². The molecule has 0 atom stereocenters. The molecule has 3 aromatic heterocycles. The number of fused-ring (bicyclic) bond motifs is 5. The summed E-state index contributed by atoms with van der Waals surface area (Å²) in [4.78, 5) is 4.97. The fraction of sp³-hybridized carbons (Fsp3) is 0.0455. The standard InChI is InChI=1S/C22H15ClN2O/c1-26-15-11-9-14(10-12-15)21-22-19(16-6-2-3-7-17(16)24-21)20(23)18-8-4-5-13-25(18)22/h2-13H,1H3. The molecule has 0 saturated heterocycles. The van der Waals surface area contributed by atoms with Crippen LogP contribution in [0.15, 0.2) is 72.9 Å². The van der Waals surface area contributed by atoms with Crippen LogP contribution in [0, 0.1) is 0 Å². The third-order valence-corrected chi connectivity index (χ3v) is 5.16. The summed E-state index contributed by atoms with van der Waals surface area (Å²) >= 11 is 6.81. The Balaban J connectivity index is 1.99. The lowest BCUT2D eigenvalue weighted by molar-refractivity contribution is 0.415. The number of rotatable bonds is 2. The van der Waals surface area contributed by atoms with Gasteiger partial charge < -0.3 is 9.14 Å². The van der Waals surface area contributed by atoms with Gasteiger partial charge in [0.15, 0.2) is 0 Å². The quantitative estimate of drug-likeness (QED) is 0.388. The number of ether oxygens (including phenoxy) is 1. The summed E-state index contributed by atoms with van der Waals surface area (Å²) in [7, 11) is 1.67. The molecule has 5 rings (SSSR count). The Morgan fingerprint density at radius 1 is 0.923 bits per heavy atom. The van der Waals surface area contributed by atoms with Crippen LogP contribution in [0.5, 0.6) is 5.75 Å². The van der Waals surface area contributed by atoms with Crippen LogP contribution in [0.3, 0.4) is 0 Å². The zero-order valence-electron chi connectivity index (χ0n) is 14.1. The number of pyridine rings is 2. The van der Waals surface area contributed by atoms with Crippen molar-refractivity contribution in [2.75, 3.05) is 7.11 Å². The molecule has 126 valence electrons. The first-order valence-corrected chi connectivity index (χ1v) is 8.77. The minimum Gasteiger partial charge on any atom is -0.497 e. The molecule has 3 heterocycles. The lowest BCUT2D eigenvalue weighted by atomic mass is 10.0. The van der Waals surface area contributed by atoms with Gasteiger partial charge in [-0.1, -0.05) is 35.9 Å². The van der Waals surface area contributed by atoms with E-state index in [1.165, 1.54) is 0 Å². The maximum absolute atomic E-state index is 6.81. The van der Waals surface area contributed by atoms with E-state index in [0.29, 0.717) is 0 Å². The number of benzene rings is 2. The van der Waals surface area contributed by atoms with E-state index < -0.39 is 0 Å². The summed E-state index contributed by atoms with van der Waals surface area (Å²) in [6, 6.07) is 22.2. The Hall–Kier alpha value is -3.04. The zero-order valence-corrected chi connectivity index (χ0v) is 14.9. The number of hydrogen-bond donors (Lipinski definition) is 0. The second-order valence-electron chi connectivity index (χ2n) is 6.20. The molecule has 0 fully saturated rings. The van der Waals surface area contributed by atoms with Crippen LogP contribution in [0.25, 0.3) is 38.6 Å². The molecule has 2 aromatic carbocycles. The number of methoxy groups -OCH3 is 1. The van der Waals surface area contributed by atoms with Gasteiger partial charge in [-0.25, -0.2) is 4.98 Å². The SMILES string of the molecule is COc1ccc(-c2nc3ccccc3c3c(Cl)c4ccccn4c23)cc1. The predicted octanol–water partition coefficient (Wildman–Crippen LogP) is 5.97. The zero-order chi connectivity index (χ0) is 17.7. The van der Waals surface area contributed by atoms with E-state index in [4.69, 9.17) is 21.3 Å². The smallest absolute Gasteiger partial charge is 0.118 e. The number of aromatic nitrogens is 2. The Labute approximate surface area is 155 Å². The molecule has 5 aromatic rings. The third kappa shape index (κ3) is 2.11. The van der Waals surface area contributed by atoms with Crippen LogP contribution in [0.1, 0.15) is 0 Å². The Morgan fingerprint density at radius 3 is 2.50 bits per heavy atom. The highest BCUT2D eigenvalue weighted by Gasteiger charge is 2.18. The van der Waals surface area contributed by atoms with Crippen LogP contribution < -0.4 is 4.74 Å². The van der Waals surface area contributed by atoms with Crippen LogP contribution in [-0.4, -0.2) is 16.5 Å². The fourth-order valence-corrected chi connectivity index (χ4v) is 3.90. The highest BCUT2D eigenvalue weighted by molar-refractivity contribution is 6.42. The minimum absolute atomic E-state index is 0.758. The van der Waals surface area contributed by atoms with E-state index in [1.807, 2.05) is 66.9 Å². The first-order valence-electron chi connectivity index (χ1n) is 8.39. The van der Waals surface area contributed by atoms with Gasteiger partial charge in [0, 0.05) is 22.5 Å². The van der Waals surface area contributed by atoms with Gasteiger partial charge in [-0.3, -0.25) is 0 Å². The molecular formula is C22H15ClN2O. The van der Waals surface area contributed by atoms with Gasteiger partial charge in [-0.15, -0.1) is 0 Å². The first-order chi connectivity index (χ1) is 12.8. The minimum atomic E-state index is 0.758. The molecule has 0 unspecified atom stereocenters. The van der Waals surface area contributed by atoms with Crippen molar-refractivity contribution in [3.05, 3.63) is 77.9 Å². The van der Waals surface area contributed by atoms with E-state index in [9.17, 15) is 0 Å². The Bertz CT molecular complexity index is 1270. The molecule has 4 heteroatoms. The van der Waals surface area contributed by atoms with Crippen molar-refractivity contribution in [3.63, 3.8) is 0 Å².